The van der Waals surface area contributed by atoms with Crippen molar-refractivity contribution in [2.75, 3.05) is 0 Å². The Kier molecular flexibility index (Phi) is 15.6. The molecule has 3 aliphatic rings. The van der Waals surface area contributed by atoms with Gasteiger partial charge in [0, 0.05) is 41.4 Å². The van der Waals surface area contributed by atoms with Crippen LogP contribution < -0.4 is 0 Å². The van der Waals surface area contributed by atoms with Gasteiger partial charge in [-0.05, 0) is 124 Å². The third kappa shape index (κ3) is 10.2. The summed E-state index contributed by atoms with van der Waals surface area (Å²) >= 11 is 0. The molecule has 0 heterocycles. The van der Waals surface area contributed by atoms with Crippen LogP contribution >= 0.6 is 0 Å². The van der Waals surface area contributed by atoms with E-state index in [2.05, 4.69) is 128 Å². The normalized spacial score (nSPS) is 16.8. The van der Waals surface area contributed by atoms with E-state index in [4.69, 9.17) is 9.68 Å². The molecule has 1 atom stereocenters. The molecule has 1 saturated carbocycles. The number of rotatable bonds is 20. The largest absolute Gasteiger partial charge is 0.332 e. The molecule has 1 unspecified atom stereocenters. The lowest BCUT2D eigenvalue weighted by atomic mass is 9.70. The van der Waals surface area contributed by atoms with Crippen molar-refractivity contribution in [3.8, 4) is 33.4 Å². The van der Waals surface area contributed by atoms with E-state index in [9.17, 15) is 19.2 Å². The summed E-state index contributed by atoms with van der Waals surface area (Å²) in [6.45, 7) is 9.28. The quantitative estimate of drug-likeness (QED) is 0.0326. The lowest BCUT2D eigenvalue weighted by Gasteiger charge is -2.32. The van der Waals surface area contributed by atoms with Gasteiger partial charge in [-0.15, -0.1) is 0 Å². The SMILES string of the molecule is CCCC1(CCC)c2ccccc2-c2ccc(C(=O)/C(=N\OC(C)=O)c3ccccc3-c3ccc(CCCC4(CCC)c5ccccc5-c5ccc(C(=O)/C(CC6CCCCC6)=N/OC(C)=O)cc54)cc3)cc21. The molecule has 0 aromatic heterocycles. The maximum Gasteiger partial charge on any atom is 0.332 e. The molecule has 0 saturated heterocycles. The lowest BCUT2D eigenvalue weighted by molar-refractivity contribution is -0.141. The first-order valence-corrected chi connectivity index (χ1v) is 26.8. The summed E-state index contributed by atoms with van der Waals surface area (Å²) in [5.74, 6) is -1.29. The van der Waals surface area contributed by atoms with Crippen LogP contribution in [-0.4, -0.2) is 34.9 Å². The van der Waals surface area contributed by atoms with Crippen LogP contribution in [0.2, 0.25) is 0 Å². The van der Waals surface area contributed by atoms with Gasteiger partial charge in [-0.1, -0.05) is 204 Å². The van der Waals surface area contributed by atoms with E-state index >= 15 is 0 Å². The topological polar surface area (TPSA) is 111 Å². The Morgan fingerprint density at radius 3 is 1.58 bits per heavy atom. The minimum Gasteiger partial charge on any atom is -0.318 e. The van der Waals surface area contributed by atoms with Gasteiger partial charge in [-0.25, -0.2) is 9.59 Å². The summed E-state index contributed by atoms with van der Waals surface area (Å²) in [6, 6.07) is 45.7. The Labute approximate surface area is 431 Å². The van der Waals surface area contributed by atoms with E-state index < -0.39 is 11.9 Å². The zero-order valence-electron chi connectivity index (χ0n) is 43.2. The highest BCUT2D eigenvalue weighted by Crippen LogP contribution is 2.55. The third-order valence-electron chi connectivity index (χ3n) is 15.8. The molecule has 0 amide bonds. The number of hydrogen-bond acceptors (Lipinski definition) is 8. The van der Waals surface area contributed by atoms with E-state index in [0.29, 0.717) is 34.7 Å². The molecule has 8 heteroatoms. The molecular weight excluding hydrogens is 905 g/mol. The van der Waals surface area contributed by atoms with Crippen molar-refractivity contribution in [1.29, 1.82) is 0 Å². The first kappa shape index (κ1) is 50.9. The summed E-state index contributed by atoms with van der Waals surface area (Å²) in [6.07, 6.45) is 14.5. The fourth-order valence-corrected chi connectivity index (χ4v) is 12.8. The van der Waals surface area contributed by atoms with E-state index in [1.54, 1.807) is 0 Å². The predicted octanol–water partition coefficient (Wildman–Crippen LogP) is 15.5. The fourth-order valence-electron chi connectivity index (χ4n) is 12.8. The Hall–Kier alpha value is -7.06. The molecule has 1 fully saturated rings. The lowest BCUT2D eigenvalue weighted by Crippen LogP contribution is -2.26. The number of fused-ring (bicyclic) bond motifs is 6. The van der Waals surface area contributed by atoms with Crippen LogP contribution in [0, 0.1) is 5.92 Å². The minimum absolute atomic E-state index is 0.0715. The average molecular weight is 973 g/mol. The zero-order chi connectivity index (χ0) is 51.1. The summed E-state index contributed by atoms with van der Waals surface area (Å²) in [5, 5.41) is 8.45. The zero-order valence-corrected chi connectivity index (χ0v) is 43.2. The average Bonchev–Trinajstić information content (AvgIpc) is 3.83. The number of ketones is 2. The van der Waals surface area contributed by atoms with Gasteiger partial charge < -0.3 is 9.68 Å². The summed E-state index contributed by atoms with van der Waals surface area (Å²) in [7, 11) is 0. The van der Waals surface area contributed by atoms with Crippen LogP contribution in [-0.2, 0) is 36.5 Å². The smallest absolute Gasteiger partial charge is 0.318 e. The molecule has 374 valence electrons. The Morgan fingerprint density at radius 1 is 0.521 bits per heavy atom. The van der Waals surface area contributed by atoms with Gasteiger partial charge in [0.15, 0.2) is 5.71 Å². The molecule has 0 spiro atoms. The van der Waals surface area contributed by atoms with E-state index in [1.165, 1.54) is 59.2 Å². The molecule has 0 N–H and O–H groups in total. The first-order chi connectivity index (χ1) is 35.5. The fraction of sp³-hybridized carbons (Fsp3) is 0.354. The van der Waals surface area contributed by atoms with Crippen molar-refractivity contribution >= 4 is 34.9 Å². The highest BCUT2D eigenvalue weighted by molar-refractivity contribution is 6.52. The van der Waals surface area contributed by atoms with Gasteiger partial charge in [0.25, 0.3) is 0 Å². The second-order valence-corrected chi connectivity index (χ2v) is 20.6. The number of carbonyl (C=O) groups is 4. The van der Waals surface area contributed by atoms with Crippen LogP contribution in [0.1, 0.15) is 179 Å². The van der Waals surface area contributed by atoms with Gasteiger partial charge in [-0.2, -0.15) is 0 Å². The highest BCUT2D eigenvalue weighted by Gasteiger charge is 2.44. The van der Waals surface area contributed by atoms with Crippen molar-refractivity contribution < 1.29 is 28.9 Å². The minimum atomic E-state index is -0.606. The van der Waals surface area contributed by atoms with E-state index in [1.807, 2.05) is 36.4 Å². The first-order valence-electron chi connectivity index (χ1n) is 26.8. The number of Topliss-reactive ketones (excluding diaryl/α,β-unsaturated/α-hetero) is 2. The van der Waals surface area contributed by atoms with Crippen molar-refractivity contribution in [1.82, 2.24) is 0 Å². The number of aryl methyl sites for hydroxylation is 1. The predicted molar refractivity (Wildman–Crippen MR) is 292 cm³/mol. The van der Waals surface area contributed by atoms with E-state index in [-0.39, 0.29) is 28.1 Å². The van der Waals surface area contributed by atoms with Crippen LogP contribution in [0.5, 0.6) is 0 Å². The van der Waals surface area contributed by atoms with Crippen molar-refractivity contribution in [3.63, 3.8) is 0 Å². The molecule has 0 bridgehead atoms. The number of benzene rings is 6. The standard InChI is InChI=1S/C65H68N2O6/c1-6-36-64(37-7-2)56-26-16-14-23-51(56)53-35-33-49(42-58(53)64)63(71)61(67-73-44(5)69)55-25-13-12-22-50(55)47-30-28-45(29-31-47)21-18-39-65(38-8-3)57-27-17-15-24-52(57)54-34-32-48(41-59(54)65)62(70)60(66-72-43(4)68)40-46-19-10-9-11-20-46/h12-17,22-35,41-42,46H,6-11,18-21,36-40H2,1-5H3/b66-60+,67-61-. The summed E-state index contributed by atoms with van der Waals surface area (Å²) < 4.78 is 0. The van der Waals surface area contributed by atoms with Gasteiger partial charge in [0.2, 0.25) is 11.6 Å². The summed E-state index contributed by atoms with van der Waals surface area (Å²) in [4.78, 5) is 63.9. The summed E-state index contributed by atoms with van der Waals surface area (Å²) in [5.41, 5.74) is 14.2. The highest BCUT2D eigenvalue weighted by atomic mass is 16.7. The number of oxime groups is 2. The molecule has 0 radical (unpaired) electrons. The molecule has 3 aliphatic carbocycles. The Morgan fingerprint density at radius 2 is 1.01 bits per heavy atom. The molecule has 6 aromatic rings. The van der Waals surface area contributed by atoms with Crippen molar-refractivity contribution in [2.24, 2.45) is 16.2 Å². The Balaban J connectivity index is 0.980. The van der Waals surface area contributed by atoms with E-state index in [0.717, 1.165) is 106 Å². The van der Waals surface area contributed by atoms with Gasteiger partial charge in [0.1, 0.15) is 5.71 Å². The molecule has 6 aromatic carbocycles. The number of hydrogen-bond donors (Lipinski definition) is 0. The van der Waals surface area contributed by atoms with Gasteiger partial charge >= 0.3 is 11.9 Å². The molecular formula is C65H68N2O6. The van der Waals surface area contributed by atoms with Crippen LogP contribution in [0.3, 0.4) is 0 Å². The molecule has 8 nitrogen and oxygen atoms in total. The van der Waals surface area contributed by atoms with Crippen LogP contribution in [0.25, 0.3) is 33.4 Å². The maximum absolute atomic E-state index is 14.9. The number of nitrogens with zero attached hydrogens (tertiary/aromatic N) is 2. The number of carbonyl (C=O) groups excluding carboxylic acids is 4. The van der Waals surface area contributed by atoms with Crippen LogP contribution in [0.4, 0.5) is 0 Å². The van der Waals surface area contributed by atoms with Crippen LogP contribution in [0.15, 0.2) is 144 Å². The van der Waals surface area contributed by atoms with Gasteiger partial charge in [-0.3, -0.25) is 9.59 Å². The molecule has 0 aliphatic heterocycles. The maximum atomic E-state index is 14.9. The second-order valence-electron chi connectivity index (χ2n) is 20.6. The monoisotopic (exact) mass is 973 g/mol. The molecule has 73 heavy (non-hydrogen) atoms. The van der Waals surface area contributed by atoms with Gasteiger partial charge in [0.05, 0.1) is 0 Å². The Bertz CT molecular complexity index is 3100. The van der Waals surface area contributed by atoms with Crippen molar-refractivity contribution in [2.45, 2.75) is 142 Å². The third-order valence-corrected chi connectivity index (χ3v) is 15.8. The second kappa shape index (κ2) is 22.4. The van der Waals surface area contributed by atoms with Crippen molar-refractivity contribution in [3.05, 3.63) is 178 Å². The molecule has 9 rings (SSSR count).